The Bertz CT molecular complexity index is 809. The van der Waals surface area contributed by atoms with E-state index in [0.29, 0.717) is 6.04 Å². The van der Waals surface area contributed by atoms with Crippen LogP contribution in [0.2, 0.25) is 0 Å². The zero-order valence-electron chi connectivity index (χ0n) is 13.8. The van der Waals surface area contributed by atoms with Crippen molar-refractivity contribution in [2.24, 2.45) is 0 Å². The number of nitrogens with zero attached hydrogens (tertiary/aromatic N) is 4. The predicted octanol–water partition coefficient (Wildman–Crippen LogP) is 3.47. The van der Waals surface area contributed by atoms with Gasteiger partial charge in [-0.2, -0.15) is 0 Å². The van der Waals surface area contributed by atoms with Crippen molar-refractivity contribution in [1.29, 1.82) is 0 Å². The van der Waals surface area contributed by atoms with Crippen LogP contribution >= 0.6 is 11.3 Å². The smallest absolute Gasteiger partial charge is 0.147 e. The lowest BCUT2D eigenvalue weighted by Crippen LogP contribution is -2.38. The minimum atomic E-state index is 0.477. The highest BCUT2D eigenvalue weighted by molar-refractivity contribution is 7.18. The molecule has 24 heavy (non-hydrogen) atoms. The van der Waals surface area contributed by atoms with Gasteiger partial charge in [0.2, 0.25) is 0 Å². The maximum Gasteiger partial charge on any atom is 0.147 e. The van der Waals surface area contributed by atoms with Gasteiger partial charge in [0.15, 0.2) is 0 Å². The number of rotatable bonds is 4. The summed E-state index contributed by atoms with van der Waals surface area (Å²) in [5.41, 5.74) is 3.45. The fourth-order valence-corrected chi connectivity index (χ4v) is 4.18. The van der Waals surface area contributed by atoms with E-state index in [-0.39, 0.29) is 0 Å². The van der Waals surface area contributed by atoms with E-state index < -0.39 is 0 Å². The molecule has 3 aromatic rings. The molecule has 0 unspecified atom stereocenters. The summed E-state index contributed by atoms with van der Waals surface area (Å²) in [6.07, 6.45) is 5.79. The first-order valence-corrected chi connectivity index (χ1v) is 9.25. The molecule has 1 fully saturated rings. The van der Waals surface area contributed by atoms with Crippen LogP contribution in [0, 0.1) is 6.92 Å². The lowest BCUT2D eigenvalue weighted by molar-refractivity contribution is 0.209. The Labute approximate surface area is 145 Å². The minimum Gasteiger partial charge on any atom is -0.366 e. The molecule has 0 spiro atoms. The van der Waals surface area contributed by atoms with E-state index in [4.69, 9.17) is 0 Å². The maximum atomic E-state index is 4.47. The normalized spacial score (nSPS) is 16.5. The van der Waals surface area contributed by atoms with Crippen LogP contribution < -0.4 is 5.32 Å². The van der Waals surface area contributed by atoms with Gasteiger partial charge in [-0.15, -0.1) is 11.3 Å². The average molecular weight is 339 g/mol. The number of aryl methyl sites for hydroxylation is 1. The standard InChI is InChI=1S/C18H21N5S/c1-13-11-24-17-16(13)20-12-21-18(17)22-14-5-8-23(9-6-14)10-15-4-2-3-7-19-15/h2-4,7,11-12,14H,5-6,8-10H2,1H3,(H,20,21,22). The van der Waals surface area contributed by atoms with Crippen LogP contribution in [0.15, 0.2) is 36.1 Å². The Morgan fingerprint density at radius 1 is 1.21 bits per heavy atom. The second kappa shape index (κ2) is 6.83. The molecular formula is C18H21N5S. The molecule has 0 atom stereocenters. The third-order valence-corrected chi connectivity index (χ3v) is 5.66. The molecule has 0 aromatic carbocycles. The van der Waals surface area contributed by atoms with E-state index in [9.17, 15) is 0 Å². The van der Waals surface area contributed by atoms with Gasteiger partial charge in [0, 0.05) is 31.9 Å². The van der Waals surface area contributed by atoms with Crippen molar-refractivity contribution >= 4 is 27.4 Å². The zero-order valence-corrected chi connectivity index (χ0v) is 14.6. The summed E-state index contributed by atoms with van der Waals surface area (Å²) in [7, 11) is 0. The molecule has 1 aliphatic rings. The number of anilines is 1. The van der Waals surface area contributed by atoms with Crippen LogP contribution in [-0.2, 0) is 6.54 Å². The first-order chi connectivity index (χ1) is 11.8. The van der Waals surface area contributed by atoms with Gasteiger partial charge in [0.1, 0.15) is 12.1 Å². The quantitative estimate of drug-likeness (QED) is 0.789. The molecule has 4 heterocycles. The Balaban J connectivity index is 1.37. The van der Waals surface area contributed by atoms with E-state index in [2.05, 4.69) is 49.6 Å². The third-order valence-electron chi connectivity index (χ3n) is 4.57. The highest BCUT2D eigenvalue weighted by atomic mass is 32.1. The van der Waals surface area contributed by atoms with Gasteiger partial charge in [-0.05, 0) is 42.8 Å². The fourth-order valence-electron chi connectivity index (χ4n) is 3.22. The summed E-state index contributed by atoms with van der Waals surface area (Å²) in [5, 5.41) is 5.79. The number of fused-ring (bicyclic) bond motifs is 1. The zero-order chi connectivity index (χ0) is 16.4. The summed E-state index contributed by atoms with van der Waals surface area (Å²) in [4.78, 5) is 15.8. The number of pyridine rings is 1. The second-order valence-corrected chi connectivity index (χ2v) is 7.21. The van der Waals surface area contributed by atoms with Crippen LogP contribution in [0.3, 0.4) is 0 Å². The lowest BCUT2D eigenvalue weighted by atomic mass is 10.0. The van der Waals surface area contributed by atoms with E-state index in [1.54, 1.807) is 17.7 Å². The SMILES string of the molecule is Cc1csc2c(NC3CCN(Cc4ccccn4)CC3)ncnc12. The first-order valence-electron chi connectivity index (χ1n) is 8.37. The Morgan fingerprint density at radius 2 is 2.08 bits per heavy atom. The second-order valence-electron chi connectivity index (χ2n) is 6.33. The summed E-state index contributed by atoms with van der Waals surface area (Å²) >= 11 is 1.73. The van der Waals surface area contributed by atoms with E-state index in [1.165, 1.54) is 10.3 Å². The number of piperidine rings is 1. The van der Waals surface area contributed by atoms with Gasteiger partial charge in [-0.25, -0.2) is 9.97 Å². The number of likely N-dealkylation sites (tertiary alicyclic amines) is 1. The van der Waals surface area contributed by atoms with Crippen LogP contribution in [0.5, 0.6) is 0 Å². The minimum absolute atomic E-state index is 0.477. The highest BCUT2D eigenvalue weighted by Gasteiger charge is 2.20. The van der Waals surface area contributed by atoms with Gasteiger partial charge in [-0.3, -0.25) is 9.88 Å². The molecule has 124 valence electrons. The van der Waals surface area contributed by atoms with Crippen molar-refractivity contribution in [3.05, 3.63) is 47.4 Å². The summed E-state index contributed by atoms with van der Waals surface area (Å²) in [6.45, 7) is 5.22. The first kappa shape index (κ1) is 15.5. The molecule has 3 aromatic heterocycles. The molecule has 1 aliphatic heterocycles. The third kappa shape index (κ3) is 3.25. The topological polar surface area (TPSA) is 53.9 Å². The monoisotopic (exact) mass is 339 g/mol. The summed E-state index contributed by atoms with van der Waals surface area (Å²) in [6, 6.07) is 6.60. The Hall–Kier alpha value is -2.05. The molecule has 6 heteroatoms. The average Bonchev–Trinajstić information content (AvgIpc) is 3.00. The van der Waals surface area contributed by atoms with E-state index in [1.807, 2.05) is 12.3 Å². The molecule has 0 saturated carbocycles. The highest BCUT2D eigenvalue weighted by Crippen LogP contribution is 2.29. The lowest BCUT2D eigenvalue weighted by Gasteiger charge is -2.32. The van der Waals surface area contributed by atoms with Crippen LogP contribution in [0.25, 0.3) is 10.2 Å². The number of hydrogen-bond acceptors (Lipinski definition) is 6. The number of hydrogen-bond donors (Lipinski definition) is 1. The molecule has 1 N–H and O–H groups in total. The van der Waals surface area contributed by atoms with Gasteiger partial charge >= 0.3 is 0 Å². The molecule has 5 nitrogen and oxygen atoms in total. The van der Waals surface area contributed by atoms with Crippen molar-refractivity contribution in [2.45, 2.75) is 32.4 Å². The van der Waals surface area contributed by atoms with Gasteiger partial charge in [0.25, 0.3) is 0 Å². The van der Waals surface area contributed by atoms with Crippen molar-refractivity contribution in [3.63, 3.8) is 0 Å². The van der Waals surface area contributed by atoms with Crippen molar-refractivity contribution in [1.82, 2.24) is 19.9 Å². The van der Waals surface area contributed by atoms with Gasteiger partial charge < -0.3 is 5.32 Å². The van der Waals surface area contributed by atoms with Crippen LogP contribution in [0.1, 0.15) is 24.1 Å². The van der Waals surface area contributed by atoms with Gasteiger partial charge in [0.05, 0.1) is 15.9 Å². The Morgan fingerprint density at radius 3 is 2.88 bits per heavy atom. The summed E-state index contributed by atoms with van der Waals surface area (Å²) < 4.78 is 1.17. The molecule has 0 radical (unpaired) electrons. The van der Waals surface area contributed by atoms with Gasteiger partial charge in [-0.1, -0.05) is 6.07 Å². The van der Waals surface area contributed by atoms with Crippen molar-refractivity contribution < 1.29 is 0 Å². The molecular weight excluding hydrogens is 318 g/mol. The van der Waals surface area contributed by atoms with Crippen molar-refractivity contribution in [3.8, 4) is 0 Å². The molecule has 0 amide bonds. The largest absolute Gasteiger partial charge is 0.366 e. The molecule has 1 saturated heterocycles. The van der Waals surface area contributed by atoms with Crippen LogP contribution in [0.4, 0.5) is 5.82 Å². The number of nitrogens with one attached hydrogen (secondary N) is 1. The molecule has 0 aliphatic carbocycles. The summed E-state index contributed by atoms with van der Waals surface area (Å²) in [5.74, 6) is 0.987. The molecule has 4 rings (SSSR count). The van der Waals surface area contributed by atoms with E-state index >= 15 is 0 Å². The number of thiophene rings is 1. The maximum absolute atomic E-state index is 4.47. The molecule has 0 bridgehead atoms. The number of aromatic nitrogens is 3. The van der Waals surface area contributed by atoms with Crippen LogP contribution in [-0.4, -0.2) is 39.0 Å². The fraction of sp³-hybridized carbons (Fsp3) is 0.389. The van der Waals surface area contributed by atoms with Crippen molar-refractivity contribution in [2.75, 3.05) is 18.4 Å². The Kier molecular flexibility index (Phi) is 4.40. The van der Waals surface area contributed by atoms with E-state index in [0.717, 1.165) is 49.5 Å². The predicted molar refractivity (Wildman–Crippen MR) is 98.3 cm³/mol.